The molecule has 0 atom stereocenters. The Labute approximate surface area is 186 Å². The standard InChI is InChI=1S/C22H26F2N2O5S/c1-3-13-31-19-8-5-16(14-20(19)30-4-2)22(27)25-9-11-26(12-10-25)32(28,29)21-15-17(23)6-7-18(21)24/h5-8,14-15H,3-4,9-13H2,1-2H3. The molecule has 174 valence electrons. The summed E-state index contributed by atoms with van der Waals surface area (Å²) in [5.41, 5.74) is 0.393. The number of sulfonamides is 1. The van der Waals surface area contributed by atoms with Gasteiger partial charge in [-0.3, -0.25) is 4.79 Å². The maximum Gasteiger partial charge on any atom is 0.254 e. The van der Waals surface area contributed by atoms with Crippen LogP contribution in [0.4, 0.5) is 8.78 Å². The highest BCUT2D eigenvalue weighted by Crippen LogP contribution is 2.29. The molecule has 0 radical (unpaired) electrons. The van der Waals surface area contributed by atoms with Crippen LogP contribution in [0.5, 0.6) is 11.5 Å². The van der Waals surface area contributed by atoms with Crippen LogP contribution in [0.15, 0.2) is 41.3 Å². The van der Waals surface area contributed by atoms with E-state index >= 15 is 0 Å². The Morgan fingerprint density at radius 3 is 2.34 bits per heavy atom. The number of ether oxygens (including phenoxy) is 2. The van der Waals surface area contributed by atoms with Gasteiger partial charge in [0.15, 0.2) is 11.5 Å². The van der Waals surface area contributed by atoms with Gasteiger partial charge in [0, 0.05) is 31.7 Å². The van der Waals surface area contributed by atoms with Gasteiger partial charge >= 0.3 is 0 Å². The molecule has 0 aliphatic carbocycles. The lowest BCUT2D eigenvalue weighted by Crippen LogP contribution is -2.50. The molecule has 2 aromatic carbocycles. The van der Waals surface area contributed by atoms with Crippen molar-refractivity contribution >= 4 is 15.9 Å². The molecule has 1 amide bonds. The Hall–Kier alpha value is -2.72. The molecule has 0 spiro atoms. The monoisotopic (exact) mass is 468 g/mol. The lowest BCUT2D eigenvalue weighted by molar-refractivity contribution is 0.0697. The predicted molar refractivity (Wildman–Crippen MR) is 114 cm³/mol. The largest absolute Gasteiger partial charge is 0.490 e. The number of amides is 1. The first-order valence-electron chi connectivity index (χ1n) is 10.4. The Balaban J connectivity index is 1.71. The first-order valence-corrected chi connectivity index (χ1v) is 11.9. The number of halogens is 2. The highest BCUT2D eigenvalue weighted by atomic mass is 32.2. The minimum atomic E-state index is -4.21. The van der Waals surface area contributed by atoms with E-state index in [1.54, 1.807) is 18.2 Å². The molecule has 2 aromatic rings. The number of hydrogen-bond acceptors (Lipinski definition) is 5. The molecular weight excluding hydrogens is 442 g/mol. The highest BCUT2D eigenvalue weighted by Gasteiger charge is 2.32. The van der Waals surface area contributed by atoms with Gasteiger partial charge in [-0.2, -0.15) is 4.31 Å². The second kappa shape index (κ2) is 10.3. The van der Waals surface area contributed by atoms with Crippen molar-refractivity contribution in [3.8, 4) is 11.5 Å². The summed E-state index contributed by atoms with van der Waals surface area (Å²) in [6, 6.07) is 7.25. The third-order valence-corrected chi connectivity index (χ3v) is 6.90. The molecule has 0 saturated carbocycles. The third-order valence-electron chi connectivity index (χ3n) is 4.99. The number of nitrogens with zero attached hydrogens (tertiary/aromatic N) is 2. The van der Waals surface area contributed by atoms with E-state index in [2.05, 4.69) is 0 Å². The van der Waals surface area contributed by atoms with Crippen molar-refractivity contribution in [1.82, 2.24) is 9.21 Å². The lowest BCUT2D eigenvalue weighted by atomic mass is 10.1. The first kappa shape index (κ1) is 23.9. The average molecular weight is 469 g/mol. The summed E-state index contributed by atoms with van der Waals surface area (Å²) in [5, 5.41) is 0. The van der Waals surface area contributed by atoms with Gasteiger partial charge < -0.3 is 14.4 Å². The number of piperazine rings is 1. The second-order valence-electron chi connectivity index (χ2n) is 7.21. The Morgan fingerprint density at radius 1 is 0.969 bits per heavy atom. The summed E-state index contributed by atoms with van der Waals surface area (Å²) in [5.74, 6) is -1.11. The Morgan fingerprint density at radius 2 is 1.69 bits per heavy atom. The number of hydrogen-bond donors (Lipinski definition) is 0. The van der Waals surface area contributed by atoms with Crippen LogP contribution in [-0.2, 0) is 10.0 Å². The fourth-order valence-corrected chi connectivity index (χ4v) is 4.87. The van der Waals surface area contributed by atoms with E-state index in [0.717, 1.165) is 22.9 Å². The summed E-state index contributed by atoms with van der Waals surface area (Å²) >= 11 is 0. The van der Waals surface area contributed by atoms with Crippen molar-refractivity contribution in [2.75, 3.05) is 39.4 Å². The maximum absolute atomic E-state index is 14.0. The summed E-state index contributed by atoms with van der Waals surface area (Å²) in [6.07, 6.45) is 0.832. The molecule has 1 aliphatic rings. The summed E-state index contributed by atoms with van der Waals surface area (Å²) < 4.78 is 65.2. The van der Waals surface area contributed by atoms with Gasteiger partial charge in [-0.05, 0) is 49.7 Å². The normalized spacial score (nSPS) is 14.9. The summed E-state index contributed by atoms with van der Waals surface area (Å²) in [7, 11) is -4.21. The molecule has 0 bridgehead atoms. The maximum atomic E-state index is 14.0. The number of rotatable bonds is 8. The molecule has 3 rings (SSSR count). The topological polar surface area (TPSA) is 76.2 Å². The Kier molecular flexibility index (Phi) is 7.68. The zero-order chi connectivity index (χ0) is 23.3. The first-order chi connectivity index (χ1) is 15.3. The van der Waals surface area contributed by atoms with E-state index in [-0.39, 0.29) is 32.1 Å². The SMILES string of the molecule is CCCOc1ccc(C(=O)N2CCN(S(=O)(=O)c3cc(F)ccc3F)CC2)cc1OCC. The van der Waals surface area contributed by atoms with Gasteiger partial charge in [-0.1, -0.05) is 6.92 Å². The van der Waals surface area contributed by atoms with Gasteiger partial charge in [-0.25, -0.2) is 17.2 Å². The zero-order valence-electron chi connectivity index (χ0n) is 18.0. The minimum Gasteiger partial charge on any atom is -0.490 e. The molecule has 0 aromatic heterocycles. The van der Waals surface area contributed by atoms with Crippen LogP contribution in [0.2, 0.25) is 0 Å². The van der Waals surface area contributed by atoms with Crippen molar-refractivity contribution in [1.29, 1.82) is 0 Å². The van der Waals surface area contributed by atoms with Crippen LogP contribution in [-0.4, -0.2) is 62.9 Å². The van der Waals surface area contributed by atoms with Gasteiger partial charge in [0.1, 0.15) is 16.5 Å². The molecule has 1 saturated heterocycles. The lowest BCUT2D eigenvalue weighted by Gasteiger charge is -2.34. The molecule has 1 aliphatic heterocycles. The number of carbonyl (C=O) groups is 1. The fraction of sp³-hybridized carbons (Fsp3) is 0.409. The van der Waals surface area contributed by atoms with Crippen LogP contribution < -0.4 is 9.47 Å². The van der Waals surface area contributed by atoms with E-state index in [1.807, 2.05) is 13.8 Å². The smallest absolute Gasteiger partial charge is 0.254 e. The van der Waals surface area contributed by atoms with Crippen LogP contribution in [0.3, 0.4) is 0 Å². The molecule has 1 heterocycles. The molecule has 10 heteroatoms. The van der Waals surface area contributed by atoms with Gasteiger partial charge in [-0.15, -0.1) is 0 Å². The second-order valence-corrected chi connectivity index (χ2v) is 9.12. The number of carbonyl (C=O) groups excluding carboxylic acids is 1. The van der Waals surface area contributed by atoms with Gasteiger partial charge in [0.25, 0.3) is 5.91 Å². The summed E-state index contributed by atoms with van der Waals surface area (Å²) in [6.45, 7) is 4.93. The predicted octanol–water partition coefficient (Wildman–Crippen LogP) is 3.30. The van der Waals surface area contributed by atoms with E-state index in [9.17, 15) is 22.0 Å². The highest BCUT2D eigenvalue weighted by molar-refractivity contribution is 7.89. The molecule has 32 heavy (non-hydrogen) atoms. The number of benzene rings is 2. The zero-order valence-corrected chi connectivity index (χ0v) is 18.8. The molecule has 0 N–H and O–H groups in total. The van der Waals surface area contributed by atoms with Crippen molar-refractivity contribution in [2.24, 2.45) is 0 Å². The summed E-state index contributed by atoms with van der Waals surface area (Å²) in [4.78, 5) is 13.8. The van der Waals surface area contributed by atoms with E-state index in [1.165, 1.54) is 4.90 Å². The average Bonchev–Trinajstić information content (AvgIpc) is 2.79. The van der Waals surface area contributed by atoms with E-state index in [0.29, 0.717) is 36.3 Å². The van der Waals surface area contributed by atoms with Crippen molar-refractivity contribution in [3.05, 3.63) is 53.6 Å². The molecule has 0 unspecified atom stereocenters. The molecule has 1 fully saturated rings. The van der Waals surface area contributed by atoms with E-state index in [4.69, 9.17) is 9.47 Å². The van der Waals surface area contributed by atoms with Crippen molar-refractivity contribution < 1.29 is 31.5 Å². The quantitative estimate of drug-likeness (QED) is 0.594. The van der Waals surface area contributed by atoms with Crippen LogP contribution in [0.1, 0.15) is 30.6 Å². The van der Waals surface area contributed by atoms with E-state index < -0.39 is 26.6 Å². The third kappa shape index (κ3) is 5.18. The van der Waals surface area contributed by atoms with Crippen LogP contribution >= 0.6 is 0 Å². The van der Waals surface area contributed by atoms with Crippen LogP contribution in [0, 0.1) is 11.6 Å². The minimum absolute atomic E-state index is 0.0277. The van der Waals surface area contributed by atoms with Crippen molar-refractivity contribution in [3.63, 3.8) is 0 Å². The Bertz CT molecular complexity index is 1070. The van der Waals surface area contributed by atoms with Crippen molar-refractivity contribution in [2.45, 2.75) is 25.2 Å². The molecule has 7 nitrogen and oxygen atoms in total. The fourth-order valence-electron chi connectivity index (χ4n) is 3.37. The van der Waals surface area contributed by atoms with Gasteiger partial charge in [0.2, 0.25) is 10.0 Å². The van der Waals surface area contributed by atoms with Gasteiger partial charge in [0.05, 0.1) is 13.2 Å². The van der Waals surface area contributed by atoms with Crippen LogP contribution in [0.25, 0.3) is 0 Å². The molecular formula is C22H26F2N2O5S.